The molecule has 0 radical (unpaired) electrons. The number of aromatic nitrogens is 1. The monoisotopic (exact) mass is 283 g/mol. The molecule has 2 rings (SSSR count). The Morgan fingerprint density at radius 3 is 2.79 bits per heavy atom. The van der Waals surface area contributed by atoms with Crippen molar-refractivity contribution < 1.29 is 13.2 Å². The fraction of sp³-hybridized carbons (Fsp3) is 0.500. The zero-order valence-corrected chi connectivity index (χ0v) is 11.8. The van der Waals surface area contributed by atoms with Gasteiger partial charge in [-0.1, -0.05) is 0 Å². The van der Waals surface area contributed by atoms with E-state index in [2.05, 4.69) is 10.3 Å². The van der Waals surface area contributed by atoms with Gasteiger partial charge in [0.15, 0.2) is 9.84 Å². The van der Waals surface area contributed by atoms with Crippen LogP contribution in [0.1, 0.15) is 16.8 Å². The zero-order chi connectivity index (χ0) is 14.0. The predicted octanol–water partition coefficient (Wildman–Crippen LogP) is 0.0645. The van der Waals surface area contributed by atoms with Gasteiger partial charge >= 0.3 is 0 Å². The first-order chi connectivity index (χ1) is 8.87. The van der Waals surface area contributed by atoms with Gasteiger partial charge in [0.2, 0.25) is 0 Å². The van der Waals surface area contributed by atoms with Crippen LogP contribution in [-0.2, 0) is 9.84 Å². The fourth-order valence-electron chi connectivity index (χ4n) is 1.98. The van der Waals surface area contributed by atoms with Crippen LogP contribution in [0.2, 0.25) is 0 Å². The largest absolute Gasteiger partial charge is 0.363 e. The molecule has 1 amide bonds. The van der Waals surface area contributed by atoms with Crippen molar-refractivity contribution in [3.8, 4) is 0 Å². The van der Waals surface area contributed by atoms with Crippen molar-refractivity contribution in [1.29, 1.82) is 0 Å². The molecule has 0 spiro atoms. The molecule has 1 aromatic rings. The topological polar surface area (TPSA) is 79.4 Å². The average molecular weight is 283 g/mol. The molecular formula is C12H17N3O3S. The highest BCUT2D eigenvalue weighted by atomic mass is 32.2. The van der Waals surface area contributed by atoms with Crippen LogP contribution in [0.25, 0.3) is 0 Å². The summed E-state index contributed by atoms with van der Waals surface area (Å²) in [6, 6.07) is 3.01. The third-order valence-corrected chi connectivity index (χ3v) is 4.80. The second-order valence-electron chi connectivity index (χ2n) is 4.87. The van der Waals surface area contributed by atoms with Crippen molar-refractivity contribution in [2.24, 2.45) is 0 Å². The van der Waals surface area contributed by atoms with Gasteiger partial charge in [0, 0.05) is 31.9 Å². The molecule has 1 N–H and O–H groups in total. The predicted molar refractivity (Wildman–Crippen MR) is 73.1 cm³/mol. The lowest BCUT2D eigenvalue weighted by Crippen LogP contribution is -2.35. The van der Waals surface area contributed by atoms with E-state index in [1.165, 1.54) is 0 Å². The fourth-order valence-corrected chi connectivity index (χ4v) is 3.66. The summed E-state index contributed by atoms with van der Waals surface area (Å²) in [5, 5.41) is 2.75. The highest BCUT2D eigenvalue weighted by molar-refractivity contribution is 7.91. The number of hydrogen-bond donors (Lipinski definition) is 1. The van der Waals surface area contributed by atoms with Gasteiger partial charge in [-0.2, -0.15) is 0 Å². The van der Waals surface area contributed by atoms with Crippen LogP contribution in [0.3, 0.4) is 0 Å². The molecule has 19 heavy (non-hydrogen) atoms. The lowest BCUT2D eigenvalue weighted by atomic mass is 10.2. The van der Waals surface area contributed by atoms with Crippen molar-refractivity contribution in [1.82, 2.24) is 10.3 Å². The third kappa shape index (κ3) is 3.44. The van der Waals surface area contributed by atoms with Crippen LogP contribution in [0.4, 0.5) is 5.82 Å². The Labute approximate surface area is 112 Å². The Morgan fingerprint density at radius 1 is 1.47 bits per heavy atom. The van der Waals surface area contributed by atoms with Crippen LogP contribution in [0.15, 0.2) is 18.3 Å². The van der Waals surface area contributed by atoms with Crippen molar-refractivity contribution in [2.45, 2.75) is 12.5 Å². The minimum Gasteiger partial charge on any atom is -0.363 e. The number of carbonyl (C=O) groups is 1. The number of hydrogen-bond acceptors (Lipinski definition) is 5. The maximum absolute atomic E-state index is 12.0. The summed E-state index contributed by atoms with van der Waals surface area (Å²) < 4.78 is 22.7. The summed E-state index contributed by atoms with van der Waals surface area (Å²) in [5.41, 5.74) is 0.489. The van der Waals surface area contributed by atoms with E-state index in [0.29, 0.717) is 17.8 Å². The van der Waals surface area contributed by atoms with E-state index < -0.39 is 9.84 Å². The Bertz CT molecular complexity index is 584. The summed E-state index contributed by atoms with van der Waals surface area (Å²) in [6.45, 7) is 0. The summed E-state index contributed by atoms with van der Waals surface area (Å²) in [4.78, 5) is 18.0. The smallest absolute Gasteiger partial charge is 0.251 e. The number of sulfone groups is 1. The van der Waals surface area contributed by atoms with Crippen LogP contribution in [-0.4, -0.2) is 51.0 Å². The molecule has 7 heteroatoms. The van der Waals surface area contributed by atoms with E-state index in [9.17, 15) is 13.2 Å². The van der Waals surface area contributed by atoms with E-state index >= 15 is 0 Å². The molecule has 6 nitrogen and oxygen atoms in total. The number of pyridine rings is 1. The van der Waals surface area contributed by atoms with Gasteiger partial charge in [0.1, 0.15) is 5.82 Å². The second-order valence-corrected chi connectivity index (χ2v) is 7.10. The van der Waals surface area contributed by atoms with Crippen molar-refractivity contribution in [3.05, 3.63) is 23.9 Å². The number of nitrogens with zero attached hydrogens (tertiary/aromatic N) is 2. The molecule has 1 saturated heterocycles. The van der Waals surface area contributed by atoms with E-state index in [0.717, 1.165) is 0 Å². The van der Waals surface area contributed by atoms with E-state index in [-0.39, 0.29) is 23.5 Å². The van der Waals surface area contributed by atoms with Gasteiger partial charge in [-0.25, -0.2) is 13.4 Å². The molecule has 1 fully saturated rings. The van der Waals surface area contributed by atoms with E-state index in [4.69, 9.17) is 0 Å². The Hall–Kier alpha value is -1.63. The summed E-state index contributed by atoms with van der Waals surface area (Å²) in [5.74, 6) is 0.612. The zero-order valence-electron chi connectivity index (χ0n) is 11.0. The Kier molecular flexibility index (Phi) is 3.75. The van der Waals surface area contributed by atoms with Crippen LogP contribution >= 0.6 is 0 Å². The molecule has 104 valence electrons. The molecule has 0 aliphatic carbocycles. The first kappa shape index (κ1) is 13.8. The number of amides is 1. The second kappa shape index (κ2) is 5.16. The number of anilines is 1. The maximum Gasteiger partial charge on any atom is 0.251 e. The van der Waals surface area contributed by atoms with Gasteiger partial charge < -0.3 is 10.2 Å². The number of nitrogens with one attached hydrogen (secondary N) is 1. The molecule has 0 saturated carbocycles. The molecule has 0 aromatic carbocycles. The quantitative estimate of drug-likeness (QED) is 0.849. The number of carbonyl (C=O) groups excluding carboxylic acids is 1. The van der Waals surface area contributed by atoms with Gasteiger partial charge in [-0.05, 0) is 18.6 Å². The van der Waals surface area contributed by atoms with Gasteiger partial charge in [-0.15, -0.1) is 0 Å². The van der Waals surface area contributed by atoms with Gasteiger partial charge in [0.05, 0.1) is 11.5 Å². The highest BCUT2D eigenvalue weighted by Gasteiger charge is 2.29. The normalized spacial score (nSPS) is 21.1. The summed E-state index contributed by atoms with van der Waals surface area (Å²) >= 11 is 0. The third-order valence-electron chi connectivity index (χ3n) is 3.03. The van der Waals surface area contributed by atoms with Crippen LogP contribution in [0, 0.1) is 0 Å². The molecule has 1 atom stereocenters. The lowest BCUT2D eigenvalue weighted by Gasteiger charge is -2.14. The van der Waals surface area contributed by atoms with Crippen molar-refractivity contribution >= 4 is 21.6 Å². The van der Waals surface area contributed by atoms with E-state index in [1.807, 2.05) is 14.1 Å². The SMILES string of the molecule is CN(C)c1cc(C(=O)NC2CCS(=O)(=O)C2)ccn1. The molecular weight excluding hydrogens is 266 g/mol. The van der Waals surface area contributed by atoms with Gasteiger partial charge in [-0.3, -0.25) is 4.79 Å². The highest BCUT2D eigenvalue weighted by Crippen LogP contribution is 2.13. The first-order valence-corrected chi connectivity index (χ1v) is 7.84. The molecule has 1 aliphatic rings. The minimum atomic E-state index is -2.98. The molecule has 1 unspecified atom stereocenters. The van der Waals surface area contributed by atoms with Crippen molar-refractivity contribution in [2.75, 3.05) is 30.5 Å². The van der Waals surface area contributed by atoms with Crippen molar-refractivity contribution in [3.63, 3.8) is 0 Å². The number of rotatable bonds is 3. The Morgan fingerprint density at radius 2 is 2.21 bits per heavy atom. The summed E-state index contributed by atoms with van der Waals surface area (Å²) in [6.07, 6.45) is 2.05. The van der Waals surface area contributed by atoms with Gasteiger partial charge in [0.25, 0.3) is 5.91 Å². The standard InChI is InChI=1S/C12H17N3O3S/c1-15(2)11-7-9(3-5-13-11)12(16)14-10-4-6-19(17,18)8-10/h3,5,7,10H,4,6,8H2,1-2H3,(H,14,16). The molecule has 1 aliphatic heterocycles. The van der Waals surface area contributed by atoms with Crippen LogP contribution < -0.4 is 10.2 Å². The Balaban J connectivity index is 2.06. The average Bonchev–Trinajstić information content (AvgIpc) is 2.68. The molecule has 1 aromatic heterocycles. The summed E-state index contributed by atoms with van der Waals surface area (Å²) in [7, 11) is 0.701. The maximum atomic E-state index is 12.0. The minimum absolute atomic E-state index is 0.0321. The van der Waals surface area contributed by atoms with E-state index in [1.54, 1.807) is 23.2 Å². The molecule has 2 heterocycles. The van der Waals surface area contributed by atoms with Crippen LogP contribution in [0.5, 0.6) is 0 Å². The first-order valence-electron chi connectivity index (χ1n) is 6.02. The molecule has 0 bridgehead atoms. The lowest BCUT2D eigenvalue weighted by molar-refractivity contribution is 0.0941.